The first-order valence-electron chi connectivity index (χ1n) is 7.53. The number of allylic oxidation sites excluding steroid dienone is 2. The number of halogens is 1. The first kappa shape index (κ1) is 13.0. The minimum Gasteiger partial charge on any atom is -0.377 e. The van der Waals surface area contributed by atoms with Crippen molar-refractivity contribution < 1.29 is 0 Å². The van der Waals surface area contributed by atoms with Crippen LogP contribution in [-0.2, 0) is 0 Å². The van der Waals surface area contributed by atoms with Crippen LogP contribution in [0, 0.1) is 12.8 Å². The lowest BCUT2D eigenvalue weighted by Gasteiger charge is -2.38. The van der Waals surface area contributed by atoms with Crippen molar-refractivity contribution in [2.75, 3.05) is 5.32 Å². The maximum Gasteiger partial charge on any atom is 0.0554 e. The van der Waals surface area contributed by atoms with Crippen molar-refractivity contribution >= 4 is 17.3 Å². The number of aryl methyl sites for hydroxylation is 1. The van der Waals surface area contributed by atoms with Crippen LogP contribution in [0.1, 0.15) is 35.1 Å². The molecule has 3 atom stereocenters. The Labute approximate surface area is 130 Å². The molecule has 0 aromatic heterocycles. The molecule has 4 rings (SSSR count). The number of hydrogen-bond acceptors (Lipinski definition) is 1. The Hall–Kier alpha value is -1.73. The van der Waals surface area contributed by atoms with Gasteiger partial charge in [0, 0.05) is 22.2 Å². The Morgan fingerprint density at radius 1 is 1.10 bits per heavy atom. The number of benzene rings is 2. The van der Waals surface area contributed by atoms with E-state index in [9.17, 15) is 0 Å². The molecule has 2 aromatic carbocycles. The van der Waals surface area contributed by atoms with E-state index in [0.717, 1.165) is 11.4 Å². The quantitative estimate of drug-likeness (QED) is 0.687. The molecule has 21 heavy (non-hydrogen) atoms. The van der Waals surface area contributed by atoms with E-state index in [1.54, 1.807) is 0 Å². The second kappa shape index (κ2) is 4.92. The lowest BCUT2D eigenvalue weighted by atomic mass is 9.76. The summed E-state index contributed by atoms with van der Waals surface area (Å²) in [6.45, 7) is 2.16. The van der Waals surface area contributed by atoms with Gasteiger partial charge in [-0.3, -0.25) is 0 Å². The van der Waals surface area contributed by atoms with Gasteiger partial charge >= 0.3 is 0 Å². The van der Waals surface area contributed by atoms with Gasteiger partial charge in [0.25, 0.3) is 0 Å². The fourth-order valence-corrected chi connectivity index (χ4v) is 4.08. The van der Waals surface area contributed by atoms with E-state index < -0.39 is 0 Å². The highest BCUT2D eigenvalue weighted by Crippen LogP contribution is 2.52. The molecule has 1 heterocycles. The third kappa shape index (κ3) is 1.99. The molecule has 0 bridgehead atoms. The summed E-state index contributed by atoms with van der Waals surface area (Å²) >= 11 is 6.50. The zero-order valence-corrected chi connectivity index (χ0v) is 12.8. The number of rotatable bonds is 1. The highest BCUT2D eigenvalue weighted by atomic mass is 35.5. The summed E-state index contributed by atoms with van der Waals surface area (Å²) in [7, 11) is 0. The number of anilines is 1. The van der Waals surface area contributed by atoms with Gasteiger partial charge < -0.3 is 5.32 Å². The third-order valence-electron chi connectivity index (χ3n) is 4.83. The number of fused-ring (bicyclic) bond motifs is 3. The number of nitrogens with one attached hydrogen (secondary N) is 1. The molecule has 1 N–H and O–H groups in total. The smallest absolute Gasteiger partial charge is 0.0554 e. The standard InChI is InChI=1S/C19H18ClN/c1-12-10-11-16(20)17-14-8-5-9-15(14)19(21-18(12)17)13-6-3-2-4-7-13/h2-8,10-11,14-15,19,21H,9H2,1H3/t14-,15-,19-/m1/s1. The predicted molar refractivity (Wildman–Crippen MR) is 89.0 cm³/mol. The molecule has 1 nitrogen and oxygen atoms in total. The van der Waals surface area contributed by atoms with Crippen LogP contribution in [-0.4, -0.2) is 0 Å². The summed E-state index contributed by atoms with van der Waals surface area (Å²) in [5.41, 5.74) is 5.14. The Bertz CT molecular complexity index is 705. The van der Waals surface area contributed by atoms with Gasteiger partial charge in [-0.2, -0.15) is 0 Å². The highest BCUT2D eigenvalue weighted by Gasteiger charge is 2.39. The van der Waals surface area contributed by atoms with Gasteiger partial charge in [-0.15, -0.1) is 0 Å². The summed E-state index contributed by atoms with van der Waals surface area (Å²) in [4.78, 5) is 0. The van der Waals surface area contributed by atoms with Gasteiger partial charge in [0.15, 0.2) is 0 Å². The molecule has 0 fully saturated rings. The topological polar surface area (TPSA) is 12.0 Å². The van der Waals surface area contributed by atoms with Gasteiger partial charge in [0.1, 0.15) is 0 Å². The van der Waals surface area contributed by atoms with Crippen molar-refractivity contribution in [3.63, 3.8) is 0 Å². The van der Waals surface area contributed by atoms with Crippen LogP contribution >= 0.6 is 11.6 Å². The molecule has 1 aliphatic carbocycles. The Balaban J connectivity index is 1.86. The fraction of sp³-hybridized carbons (Fsp3) is 0.263. The molecule has 0 radical (unpaired) electrons. The molecule has 0 saturated heterocycles. The average molecular weight is 296 g/mol. The highest BCUT2D eigenvalue weighted by molar-refractivity contribution is 6.32. The van der Waals surface area contributed by atoms with Crippen molar-refractivity contribution in [2.45, 2.75) is 25.3 Å². The maximum atomic E-state index is 6.50. The van der Waals surface area contributed by atoms with Crippen molar-refractivity contribution in [3.8, 4) is 0 Å². The normalized spacial score (nSPS) is 26.1. The van der Waals surface area contributed by atoms with Crippen LogP contribution < -0.4 is 5.32 Å². The molecular formula is C19H18ClN. The molecule has 2 aromatic rings. The second-order valence-electron chi connectivity index (χ2n) is 6.04. The van der Waals surface area contributed by atoms with Crippen molar-refractivity contribution in [2.24, 2.45) is 5.92 Å². The zero-order valence-electron chi connectivity index (χ0n) is 12.0. The van der Waals surface area contributed by atoms with Crippen molar-refractivity contribution in [1.82, 2.24) is 0 Å². The lowest BCUT2D eigenvalue weighted by molar-refractivity contribution is 0.425. The molecule has 1 aliphatic heterocycles. The van der Waals surface area contributed by atoms with Gasteiger partial charge in [-0.1, -0.05) is 60.2 Å². The minimum atomic E-state index is 0.357. The van der Waals surface area contributed by atoms with Crippen LogP contribution in [0.3, 0.4) is 0 Å². The number of hydrogen-bond donors (Lipinski definition) is 1. The zero-order chi connectivity index (χ0) is 14.4. The summed E-state index contributed by atoms with van der Waals surface area (Å²) in [5, 5.41) is 4.65. The molecule has 2 aliphatic rings. The minimum absolute atomic E-state index is 0.357. The van der Waals surface area contributed by atoms with Crippen molar-refractivity contribution in [1.29, 1.82) is 0 Å². The molecule has 0 saturated carbocycles. The lowest BCUT2D eigenvalue weighted by Crippen LogP contribution is -2.29. The fourth-order valence-electron chi connectivity index (χ4n) is 3.80. The van der Waals surface area contributed by atoms with Crippen LogP contribution in [0.15, 0.2) is 54.6 Å². The molecule has 0 amide bonds. The van der Waals surface area contributed by atoms with Crippen molar-refractivity contribution in [3.05, 3.63) is 76.3 Å². The van der Waals surface area contributed by atoms with Crippen LogP contribution in [0.2, 0.25) is 5.02 Å². The first-order chi connectivity index (χ1) is 10.3. The average Bonchev–Trinajstić information content (AvgIpc) is 3.00. The van der Waals surface area contributed by atoms with E-state index in [-0.39, 0.29) is 0 Å². The molecular weight excluding hydrogens is 278 g/mol. The van der Waals surface area contributed by atoms with Gasteiger partial charge in [-0.05, 0) is 36.5 Å². The van der Waals surface area contributed by atoms with E-state index in [1.165, 1.54) is 22.4 Å². The van der Waals surface area contributed by atoms with E-state index in [0.29, 0.717) is 17.9 Å². The molecule has 0 unspecified atom stereocenters. The van der Waals surface area contributed by atoms with Gasteiger partial charge in [-0.25, -0.2) is 0 Å². The largest absolute Gasteiger partial charge is 0.377 e. The summed E-state index contributed by atoms with van der Waals surface area (Å²) in [6, 6.07) is 15.3. The monoisotopic (exact) mass is 295 g/mol. The van der Waals surface area contributed by atoms with Crippen LogP contribution in [0.25, 0.3) is 0 Å². The van der Waals surface area contributed by atoms with E-state index in [1.807, 2.05) is 6.07 Å². The molecule has 106 valence electrons. The Morgan fingerprint density at radius 3 is 2.71 bits per heavy atom. The molecule has 0 spiro atoms. The van der Waals surface area contributed by atoms with Gasteiger partial charge in [0.05, 0.1) is 6.04 Å². The van der Waals surface area contributed by atoms with Crippen LogP contribution in [0.4, 0.5) is 5.69 Å². The van der Waals surface area contributed by atoms with Gasteiger partial charge in [0.2, 0.25) is 0 Å². The Kier molecular flexibility index (Phi) is 3.04. The molecule has 2 heteroatoms. The maximum absolute atomic E-state index is 6.50. The third-order valence-corrected chi connectivity index (χ3v) is 5.16. The van der Waals surface area contributed by atoms with Crippen LogP contribution in [0.5, 0.6) is 0 Å². The SMILES string of the molecule is Cc1ccc(Cl)c2c1N[C@H](c1ccccc1)[C@@H]1CC=C[C@@H]21. The van der Waals surface area contributed by atoms with E-state index in [4.69, 9.17) is 11.6 Å². The summed E-state index contributed by atoms with van der Waals surface area (Å²) in [6.07, 6.45) is 5.76. The second-order valence-corrected chi connectivity index (χ2v) is 6.45. The predicted octanol–water partition coefficient (Wildman–Crippen LogP) is 5.47. The van der Waals surface area contributed by atoms with E-state index in [2.05, 4.69) is 60.8 Å². The van der Waals surface area contributed by atoms with E-state index >= 15 is 0 Å². The summed E-state index contributed by atoms with van der Waals surface area (Å²) in [5.74, 6) is 0.984. The summed E-state index contributed by atoms with van der Waals surface area (Å²) < 4.78 is 0. The first-order valence-corrected chi connectivity index (χ1v) is 7.90. The Morgan fingerprint density at radius 2 is 1.90 bits per heavy atom.